The third-order valence-corrected chi connectivity index (χ3v) is 4.46. The summed E-state index contributed by atoms with van der Waals surface area (Å²) in [6.07, 6.45) is 2.12. The maximum absolute atomic E-state index is 12.5. The second-order valence-electron chi connectivity index (χ2n) is 6.87. The van der Waals surface area contributed by atoms with E-state index in [0.29, 0.717) is 11.3 Å². The molecule has 23 heavy (non-hydrogen) atoms. The Kier molecular flexibility index (Phi) is 4.78. The van der Waals surface area contributed by atoms with Crippen LogP contribution in [-0.2, 0) is 4.79 Å². The summed E-state index contributed by atoms with van der Waals surface area (Å²) in [5.74, 6) is 0.0771. The van der Waals surface area contributed by atoms with Crippen LogP contribution in [0.1, 0.15) is 33.3 Å². The Bertz CT molecular complexity index is 634. The van der Waals surface area contributed by atoms with E-state index in [-0.39, 0.29) is 28.9 Å². The molecule has 0 aliphatic heterocycles. The second-order valence-corrected chi connectivity index (χ2v) is 6.87. The molecule has 0 spiro atoms. The third-order valence-electron chi connectivity index (χ3n) is 4.46. The Labute approximate surface area is 135 Å². The molecule has 0 heterocycles. The number of allylic oxidation sites excluding steroid dienone is 2. The molecule has 3 nitrogen and oxygen atoms in total. The Balaban J connectivity index is 2.14. The fraction of sp³-hybridized carbons (Fsp3) is 0.500. The number of amides is 1. The summed E-state index contributed by atoms with van der Waals surface area (Å²) >= 11 is 0. The monoisotopic (exact) mass is 323 g/mol. The lowest BCUT2D eigenvalue weighted by Gasteiger charge is -2.13. The molecule has 1 N–H and O–H groups in total. The number of carbonyl (C=O) groups excluding carboxylic acids is 1. The summed E-state index contributed by atoms with van der Waals surface area (Å²) in [6.45, 7) is 6.91. The van der Waals surface area contributed by atoms with Crippen molar-refractivity contribution in [2.75, 3.05) is 5.32 Å². The molecule has 126 valence electrons. The van der Waals surface area contributed by atoms with Gasteiger partial charge in [0.25, 0.3) is 0 Å². The van der Waals surface area contributed by atoms with Crippen LogP contribution in [0.3, 0.4) is 0 Å². The molecular weight excluding hydrogens is 300 g/mol. The van der Waals surface area contributed by atoms with E-state index in [1.807, 2.05) is 13.8 Å². The zero-order valence-electron chi connectivity index (χ0n) is 14.1. The average molecular weight is 323 g/mol. The van der Waals surface area contributed by atoms with Crippen LogP contribution in [0.5, 0.6) is 5.75 Å². The van der Waals surface area contributed by atoms with E-state index in [2.05, 4.69) is 30.0 Å². The van der Waals surface area contributed by atoms with Crippen LogP contribution in [-0.4, -0.2) is 12.5 Å². The fourth-order valence-corrected chi connectivity index (χ4v) is 3.03. The van der Waals surface area contributed by atoms with Crippen LogP contribution in [0, 0.1) is 24.2 Å². The van der Waals surface area contributed by atoms with Crippen LogP contribution in [0.25, 0.3) is 0 Å². The third kappa shape index (κ3) is 3.71. The SMILES string of the molecule is CC(C)=C[C@H]1[C@@H](C(=O)Nc2cccc(OC(F)F)c2C)C1(C)C. The lowest BCUT2D eigenvalue weighted by molar-refractivity contribution is -0.118. The fourth-order valence-electron chi connectivity index (χ4n) is 3.03. The first kappa shape index (κ1) is 17.4. The molecule has 1 aliphatic carbocycles. The molecule has 0 unspecified atom stereocenters. The second kappa shape index (κ2) is 6.30. The first-order valence-corrected chi connectivity index (χ1v) is 7.65. The highest BCUT2D eigenvalue weighted by Crippen LogP contribution is 2.59. The lowest BCUT2D eigenvalue weighted by atomic mass is 10.1. The molecule has 1 aromatic rings. The summed E-state index contributed by atoms with van der Waals surface area (Å²) in [7, 11) is 0. The lowest BCUT2D eigenvalue weighted by Crippen LogP contribution is -2.18. The van der Waals surface area contributed by atoms with Gasteiger partial charge in [0, 0.05) is 11.3 Å². The largest absolute Gasteiger partial charge is 0.434 e. The van der Waals surface area contributed by atoms with Crippen molar-refractivity contribution in [2.45, 2.75) is 41.2 Å². The van der Waals surface area contributed by atoms with Crippen molar-refractivity contribution in [3.63, 3.8) is 0 Å². The van der Waals surface area contributed by atoms with Gasteiger partial charge < -0.3 is 10.1 Å². The van der Waals surface area contributed by atoms with Crippen molar-refractivity contribution < 1.29 is 18.3 Å². The summed E-state index contributed by atoms with van der Waals surface area (Å²) < 4.78 is 29.2. The maximum Gasteiger partial charge on any atom is 0.387 e. The first-order chi connectivity index (χ1) is 10.6. The van der Waals surface area contributed by atoms with Gasteiger partial charge in [0.2, 0.25) is 5.91 Å². The molecule has 0 saturated heterocycles. The Morgan fingerprint density at radius 3 is 2.57 bits per heavy atom. The van der Waals surface area contributed by atoms with Crippen molar-refractivity contribution in [1.82, 2.24) is 0 Å². The maximum atomic E-state index is 12.5. The van der Waals surface area contributed by atoms with Crippen LogP contribution in [0.4, 0.5) is 14.5 Å². The number of anilines is 1. The van der Waals surface area contributed by atoms with E-state index in [0.717, 1.165) is 0 Å². The molecule has 2 rings (SSSR count). The molecule has 0 radical (unpaired) electrons. The van der Waals surface area contributed by atoms with Gasteiger partial charge in [-0.15, -0.1) is 0 Å². The first-order valence-electron chi connectivity index (χ1n) is 7.65. The van der Waals surface area contributed by atoms with E-state index in [1.54, 1.807) is 19.1 Å². The van der Waals surface area contributed by atoms with Crippen LogP contribution < -0.4 is 10.1 Å². The number of benzene rings is 1. The highest BCUT2D eigenvalue weighted by atomic mass is 19.3. The highest BCUT2D eigenvalue weighted by molar-refractivity contribution is 5.96. The van der Waals surface area contributed by atoms with Crippen LogP contribution in [0.2, 0.25) is 0 Å². The van der Waals surface area contributed by atoms with E-state index in [9.17, 15) is 13.6 Å². The highest BCUT2D eigenvalue weighted by Gasteiger charge is 2.60. The zero-order valence-corrected chi connectivity index (χ0v) is 14.1. The van der Waals surface area contributed by atoms with E-state index in [1.165, 1.54) is 11.6 Å². The normalized spacial score (nSPS) is 21.7. The molecular formula is C18H23F2NO2. The summed E-state index contributed by atoms with van der Waals surface area (Å²) in [6, 6.07) is 4.74. The zero-order chi connectivity index (χ0) is 17.4. The van der Waals surface area contributed by atoms with E-state index < -0.39 is 6.61 Å². The predicted octanol–water partition coefficient (Wildman–Crippen LogP) is 4.77. The summed E-state index contributed by atoms with van der Waals surface area (Å²) in [5, 5.41) is 2.85. The number of halogens is 2. The van der Waals surface area contributed by atoms with Crippen LogP contribution in [0.15, 0.2) is 29.8 Å². The average Bonchev–Trinajstić information content (AvgIpc) is 2.94. The Morgan fingerprint density at radius 1 is 1.35 bits per heavy atom. The number of carbonyl (C=O) groups is 1. The quantitative estimate of drug-likeness (QED) is 0.792. The molecule has 1 aliphatic rings. The molecule has 1 fully saturated rings. The van der Waals surface area contributed by atoms with E-state index in [4.69, 9.17) is 0 Å². The standard InChI is InChI=1S/C18H23F2NO2/c1-10(2)9-12-15(18(12,4)5)16(22)21-13-7-6-8-14(11(13)3)23-17(19)20/h6-9,12,15,17H,1-5H3,(H,21,22)/t12-,15-/m0/s1. The van der Waals surface area contributed by atoms with Gasteiger partial charge in [-0.25, -0.2) is 0 Å². The van der Waals surface area contributed by atoms with Crippen molar-refractivity contribution in [3.05, 3.63) is 35.4 Å². The predicted molar refractivity (Wildman–Crippen MR) is 86.6 cm³/mol. The molecule has 5 heteroatoms. The number of rotatable bonds is 5. The molecule has 1 saturated carbocycles. The minimum atomic E-state index is -2.89. The van der Waals surface area contributed by atoms with Gasteiger partial charge >= 0.3 is 6.61 Å². The number of nitrogens with one attached hydrogen (secondary N) is 1. The van der Waals surface area contributed by atoms with Crippen LogP contribution >= 0.6 is 0 Å². The minimum Gasteiger partial charge on any atom is -0.434 e. The topological polar surface area (TPSA) is 38.3 Å². The summed E-state index contributed by atoms with van der Waals surface area (Å²) in [5.41, 5.74) is 2.10. The van der Waals surface area contributed by atoms with Crippen molar-refractivity contribution in [2.24, 2.45) is 17.3 Å². The van der Waals surface area contributed by atoms with Gasteiger partial charge in [-0.2, -0.15) is 8.78 Å². The van der Waals surface area contributed by atoms with Gasteiger partial charge in [0.1, 0.15) is 5.75 Å². The van der Waals surface area contributed by atoms with Crippen molar-refractivity contribution >= 4 is 11.6 Å². The molecule has 1 amide bonds. The number of alkyl halides is 2. The van der Waals surface area contributed by atoms with Gasteiger partial charge in [-0.1, -0.05) is 31.6 Å². The van der Waals surface area contributed by atoms with Crippen molar-refractivity contribution in [3.8, 4) is 5.75 Å². The molecule has 0 aromatic heterocycles. The van der Waals surface area contributed by atoms with Gasteiger partial charge in [0.05, 0.1) is 5.92 Å². The number of hydrogen-bond donors (Lipinski definition) is 1. The molecule has 2 atom stereocenters. The molecule has 0 bridgehead atoms. The Morgan fingerprint density at radius 2 is 2.00 bits per heavy atom. The van der Waals surface area contributed by atoms with Gasteiger partial charge in [0.15, 0.2) is 0 Å². The summed E-state index contributed by atoms with van der Waals surface area (Å²) in [4.78, 5) is 12.5. The van der Waals surface area contributed by atoms with E-state index >= 15 is 0 Å². The number of ether oxygens (including phenoxy) is 1. The van der Waals surface area contributed by atoms with Crippen molar-refractivity contribution in [1.29, 1.82) is 0 Å². The molecule has 1 aromatic carbocycles. The smallest absolute Gasteiger partial charge is 0.387 e. The number of hydrogen-bond acceptors (Lipinski definition) is 2. The minimum absolute atomic E-state index is 0.0775. The van der Waals surface area contributed by atoms with Gasteiger partial charge in [-0.05, 0) is 44.2 Å². The van der Waals surface area contributed by atoms with Gasteiger partial charge in [-0.3, -0.25) is 4.79 Å². The Hall–Kier alpha value is -1.91.